The third-order valence-corrected chi connectivity index (χ3v) is 5.56. The number of carbonyl (C=O) groups is 2. The number of aryl methyl sites for hydroxylation is 1. The van der Waals surface area contributed by atoms with Gasteiger partial charge in [0, 0.05) is 38.6 Å². The van der Waals surface area contributed by atoms with Gasteiger partial charge >= 0.3 is 5.97 Å². The Morgan fingerprint density at radius 1 is 1.03 bits per heavy atom. The summed E-state index contributed by atoms with van der Waals surface area (Å²) < 4.78 is 4.86. The first-order valence-corrected chi connectivity index (χ1v) is 10.5. The molecule has 3 rings (SSSR count). The van der Waals surface area contributed by atoms with Gasteiger partial charge < -0.3 is 15.0 Å². The van der Waals surface area contributed by atoms with Crippen LogP contribution in [0.15, 0.2) is 48.5 Å². The summed E-state index contributed by atoms with van der Waals surface area (Å²) in [6.45, 7) is 8.11. The second-order valence-corrected chi connectivity index (χ2v) is 7.87. The van der Waals surface area contributed by atoms with Crippen molar-refractivity contribution in [2.75, 3.05) is 43.5 Å². The lowest BCUT2D eigenvalue weighted by Gasteiger charge is -2.38. The standard InChI is InChI=1S/C24H31N3O3/c1-18(2)26-13-15-27(16-14-26)22-11-10-20(24(29)30-3)17-21(22)25-23(28)12-9-19-7-5-4-6-8-19/h4-8,10-11,17-18H,9,12-16H2,1-3H3,(H,25,28). The van der Waals surface area contributed by atoms with Crippen molar-refractivity contribution in [1.82, 2.24) is 4.90 Å². The van der Waals surface area contributed by atoms with Crippen molar-refractivity contribution < 1.29 is 14.3 Å². The zero-order chi connectivity index (χ0) is 21.5. The number of nitrogens with zero attached hydrogens (tertiary/aromatic N) is 2. The van der Waals surface area contributed by atoms with Crippen LogP contribution in [0.5, 0.6) is 0 Å². The Morgan fingerprint density at radius 3 is 2.37 bits per heavy atom. The zero-order valence-corrected chi connectivity index (χ0v) is 18.1. The van der Waals surface area contributed by atoms with E-state index in [-0.39, 0.29) is 5.91 Å². The monoisotopic (exact) mass is 409 g/mol. The van der Waals surface area contributed by atoms with E-state index in [0.717, 1.165) is 37.4 Å². The molecule has 0 saturated carbocycles. The van der Waals surface area contributed by atoms with Crippen molar-refractivity contribution in [3.05, 3.63) is 59.7 Å². The number of methoxy groups -OCH3 is 1. The predicted molar refractivity (Wildman–Crippen MR) is 120 cm³/mol. The maximum Gasteiger partial charge on any atom is 0.337 e. The van der Waals surface area contributed by atoms with E-state index >= 15 is 0 Å². The molecular weight excluding hydrogens is 378 g/mol. The molecule has 0 unspecified atom stereocenters. The largest absolute Gasteiger partial charge is 0.465 e. The number of rotatable bonds is 7. The van der Waals surface area contributed by atoms with Gasteiger partial charge in [-0.1, -0.05) is 30.3 Å². The average molecular weight is 410 g/mol. The van der Waals surface area contributed by atoms with Gasteiger partial charge in [0.15, 0.2) is 0 Å². The van der Waals surface area contributed by atoms with E-state index in [0.29, 0.717) is 30.1 Å². The lowest BCUT2D eigenvalue weighted by Crippen LogP contribution is -2.49. The molecule has 1 aliphatic heterocycles. The van der Waals surface area contributed by atoms with Crippen molar-refractivity contribution in [2.45, 2.75) is 32.7 Å². The summed E-state index contributed by atoms with van der Waals surface area (Å²) in [5.41, 5.74) is 3.16. The molecule has 0 spiro atoms. The van der Waals surface area contributed by atoms with Crippen LogP contribution >= 0.6 is 0 Å². The van der Waals surface area contributed by atoms with Gasteiger partial charge in [0.1, 0.15) is 0 Å². The Morgan fingerprint density at radius 2 is 1.73 bits per heavy atom. The van der Waals surface area contributed by atoms with Crippen molar-refractivity contribution in [1.29, 1.82) is 0 Å². The van der Waals surface area contributed by atoms with E-state index in [4.69, 9.17) is 4.74 Å². The van der Waals surface area contributed by atoms with Crippen LogP contribution in [0.3, 0.4) is 0 Å². The molecule has 1 heterocycles. The Balaban J connectivity index is 1.74. The number of anilines is 2. The molecule has 0 radical (unpaired) electrons. The number of benzene rings is 2. The minimum atomic E-state index is -0.411. The first-order chi connectivity index (χ1) is 14.5. The summed E-state index contributed by atoms with van der Waals surface area (Å²) in [5.74, 6) is -0.478. The van der Waals surface area contributed by atoms with Gasteiger partial charge in [-0.05, 0) is 44.0 Å². The normalized spacial score (nSPS) is 14.6. The summed E-state index contributed by atoms with van der Waals surface area (Å²) in [5, 5.41) is 3.03. The minimum absolute atomic E-state index is 0.0667. The smallest absolute Gasteiger partial charge is 0.337 e. The summed E-state index contributed by atoms with van der Waals surface area (Å²) in [7, 11) is 1.36. The second kappa shape index (κ2) is 10.3. The molecule has 1 amide bonds. The molecule has 2 aromatic carbocycles. The average Bonchev–Trinajstić information content (AvgIpc) is 2.78. The number of hydrogen-bond donors (Lipinski definition) is 1. The van der Waals surface area contributed by atoms with Gasteiger partial charge in [0.05, 0.1) is 24.0 Å². The van der Waals surface area contributed by atoms with Gasteiger partial charge in [-0.2, -0.15) is 0 Å². The molecule has 0 bridgehead atoms. The molecule has 1 fully saturated rings. The third kappa shape index (κ3) is 5.60. The number of esters is 1. The first-order valence-electron chi connectivity index (χ1n) is 10.5. The highest BCUT2D eigenvalue weighted by atomic mass is 16.5. The molecule has 0 atom stereocenters. The van der Waals surface area contributed by atoms with E-state index in [1.807, 2.05) is 36.4 Å². The summed E-state index contributed by atoms with van der Waals surface area (Å²) >= 11 is 0. The SMILES string of the molecule is COC(=O)c1ccc(N2CCN(C(C)C)CC2)c(NC(=O)CCc2ccccc2)c1. The molecule has 1 saturated heterocycles. The van der Waals surface area contributed by atoms with Crippen molar-refractivity contribution in [3.63, 3.8) is 0 Å². The van der Waals surface area contributed by atoms with Crippen LogP contribution in [0.1, 0.15) is 36.2 Å². The van der Waals surface area contributed by atoms with Crippen LogP contribution in [-0.2, 0) is 16.0 Å². The number of ether oxygens (including phenoxy) is 1. The molecule has 0 aliphatic carbocycles. The van der Waals surface area contributed by atoms with Crippen LogP contribution in [0.2, 0.25) is 0 Å². The van der Waals surface area contributed by atoms with Crippen molar-refractivity contribution in [2.24, 2.45) is 0 Å². The van der Waals surface area contributed by atoms with Gasteiger partial charge in [-0.25, -0.2) is 4.79 Å². The molecule has 6 nitrogen and oxygen atoms in total. The molecule has 30 heavy (non-hydrogen) atoms. The molecule has 2 aromatic rings. The summed E-state index contributed by atoms with van der Waals surface area (Å²) in [6.07, 6.45) is 1.05. The Labute approximate surface area is 178 Å². The van der Waals surface area contributed by atoms with E-state index in [1.165, 1.54) is 7.11 Å². The van der Waals surface area contributed by atoms with Gasteiger partial charge in [-0.3, -0.25) is 9.69 Å². The molecule has 1 aliphatic rings. The van der Waals surface area contributed by atoms with Gasteiger partial charge in [-0.15, -0.1) is 0 Å². The lowest BCUT2D eigenvalue weighted by molar-refractivity contribution is -0.116. The molecule has 1 N–H and O–H groups in total. The number of nitrogens with one attached hydrogen (secondary N) is 1. The zero-order valence-electron chi connectivity index (χ0n) is 18.1. The maximum atomic E-state index is 12.7. The van der Waals surface area contributed by atoms with E-state index in [1.54, 1.807) is 12.1 Å². The maximum absolute atomic E-state index is 12.7. The fourth-order valence-electron chi connectivity index (χ4n) is 3.75. The van der Waals surface area contributed by atoms with E-state index in [9.17, 15) is 9.59 Å². The fraction of sp³-hybridized carbons (Fsp3) is 0.417. The van der Waals surface area contributed by atoms with Crippen LogP contribution in [0.25, 0.3) is 0 Å². The predicted octanol–water partition coefficient (Wildman–Crippen LogP) is 3.57. The van der Waals surface area contributed by atoms with E-state index < -0.39 is 5.97 Å². The van der Waals surface area contributed by atoms with Gasteiger partial charge in [0.25, 0.3) is 0 Å². The molecular formula is C24H31N3O3. The Kier molecular flexibility index (Phi) is 7.46. The summed E-state index contributed by atoms with van der Waals surface area (Å²) in [6, 6.07) is 15.9. The number of carbonyl (C=O) groups excluding carboxylic acids is 2. The second-order valence-electron chi connectivity index (χ2n) is 7.87. The highest BCUT2D eigenvalue weighted by molar-refractivity contribution is 5.98. The lowest BCUT2D eigenvalue weighted by atomic mass is 10.1. The van der Waals surface area contributed by atoms with Crippen molar-refractivity contribution >= 4 is 23.3 Å². The quantitative estimate of drug-likeness (QED) is 0.709. The Bertz CT molecular complexity index is 859. The highest BCUT2D eigenvalue weighted by Crippen LogP contribution is 2.29. The molecule has 160 valence electrons. The topological polar surface area (TPSA) is 61.9 Å². The number of amides is 1. The molecule has 6 heteroatoms. The summed E-state index contributed by atoms with van der Waals surface area (Å²) in [4.78, 5) is 29.4. The van der Waals surface area contributed by atoms with Crippen LogP contribution in [-0.4, -0.2) is 56.1 Å². The van der Waals surface area contributed by atoms with Crippen molar-refractivity contribution in [3.8, 4) is 0 Å². The Hall–Kier alpha value is -2.86. The van der Waals surface area contributed by atoms with E-state index in [2.05, 4.69) is 29.0 Å². The molecule has 0 aromatic heterocycles. The van der Waals surface area contributed by atoms with Crippen LogP contribution < -0.4 is 10.2 Å². The minimum Gasteiger partial charge on any atom is -0.465 e. The highest BCUT2D eigenvalue weighted by Gasteiger charge is 2.22. The van der Waals surface area contributed by atoms with Crippen LogP contribution in [0, 0.1) is 0 Å². The third-order valence-electron chi connectivity index (χ3n) is 5.56. The fourth-order valence-corrected chi connectivity index (χ4v) is 3.75. The number of piperazine rings is 1. The van der Waals surface area contributed by atoms with Gasteiger partial charge in [0.2, 0.25) is 5.91 Å². The van der Waals surface area contributed by atoms with Crippen LogP contribution in [0.4, 0.5) is 11.4 Å². The number of hydrogen-bond acceptors (Lipinski definition) is 5. The first kappa shape index (κ1) is 21.8.